The molecule has 0 unspecified atom stereocenters. The summed E-state index contributed by atoms with van der Waals surface area (Å²) in [5, 5.41) is 2.97. The van der Waals surface area contributed by atoms with Crippen LogP contribution in [0.25, 0.3) is 0 Å². The quantitative estimate of drug-likeness (QED) is 0.680. The van der Waals surface area contributed by atoms with Gasteiger partial charge in [0.2, 0.25) is 0 Å². The molecule has 0 fully saturated rings. The summed E-state index contributed by atoms with van der Waals surface area (Å²) < 4.78 is 5.98. The van der Waals surface area contributed by atoms with Gasteiger partial charge in [-0.05, 0) is 48.4 Å². The van der Waals surface area contributed by atoms with Crippen LogP contribution in [-0.2, 0) is 6.61 Å². The molecule has 4 heteroatoms. The molecule has 4 nitrogen and oxygen atoms in total. The van der Waals surface area contributed by atoms with E-state index in [2.05, 4.69) is 5.32 Å². The topological polar surface area (TPSA) is 41.6 Å². The Kier molecular flexibility index (Phi) is 5.77. The summed E-state index contributed by atoms with van der Waals surface area (Å²) in [7, 11) is 3.90. The van der Waals surface area contributed by atoms with Crippen molar-refractivity contribution in [2.75, 3.05) is 24.3 Å². The molecule has 0 heterocycles. The van der Waals surface area contributed by atoms with Crippen LogP contribution in [0.3, 0.4) is 0 Å². The van der Waals surface area contributed by atoms with Gasteiger partial charge in [0.15, 0.2) is 0 Å². The van der Waals surface area contributed by atoms with E-state index in [-0.39, 0.29) is 5.91 Å². The maximum Gasteiger partial charge on any atom is 0.255 e. The Morgan fingerprint density at radius 1 is 0.963 bits per heavy atom. The summed E-state index contributed by atoms with van der Waals surface area (Å²) in [5.41, 5.74) is 4.40. The second-order valence-electron chi connectivity index (χ2n) is 6.67. The zero-order valence-corrected chi connectivity index (χ0v) is 15.9. The lowest BCUT2D eigenvalue weighted by molar-refractivity contribution is 0.102. The minimum absolute atomic E-state index is 0.160. The molecule has 1 N–H and O–H groups in total. The SMILES string of the molecule is Cc1ccc(NC(=O)c2cccc(N(C)C)c2)c(OCc2ccccc2)c1. The Bertz CT molecular complexity index is 921. The first kappa shape index (κ1) is 18.5. The van der Waals surface area contributed by atoms with Gasteiger partial charge in [-0.2, -0.15) is 0 Å². The first-order valence-corrected chi connectivity index (χ1v) is 8.89. The Morgan fingerprint density at radius 2 is 1.74 bits per heavy atom. The Balaban J connectivity index is 1.78. The fourth-order valence-corrected chi connectivity index (χ4v) is 2.71. The lowest BCUT2D eigenvalue weighted by Gasteiger charge is -2.15. The predicted molar refractivity (Wildman–Crippen MR) is 111 cm³/mol. The highest BCUT2D eigenvalue weighted by Gasteiger charge is 2.12. The van der Waals surface area contributed by atoms with E-state index in [0.29, 0.717) is 23.6 Å². The molecule has 3 aromatic carbocycles. The summed E-state index contributed by atoms with van der Waals surface area (Å²) in [6, 6.07) is 23.3. The van der Waals surface area contributed by atoms with Crippen LogP contribution < -0.4 is 15.0 Å². The smallest absolute Gasteiger partial charge is 0.255 e. The monoisotopic (exact) mass is 360 g/mol. The van der Waals surface area contributed by atoms with Crippen molar-refractivity contribution in [3.05, 3.63) is 89.5 Å². The van der Waals surface area contributed by atoms with Gasteiger partial charge >= 0.3 is 0 Å². The molecule has 138 valence electrons. The van der Waals surface area contributed by atoms with E-state index < -0.39 is 0 Å². The predicted octanol–water partition coefficient (Wildman–Crippen LogP) is 4.89. The number of aryl methyl sites for hydroxylation is 1. The van der Waals surface area contributed by atoms with E-state index >= 15 is 0 Å². The second kappa shape index (κ2) is 8.41. The molecule has 3 rings (SSSR count). The number of hydrogen-bond acceptors (Lipinski definition) is 3. The number of benzene rings is 3. The molecule has 3 aromatic rings. The third kappa shape index (κ3) is 4.88. The molecule has 1 amide bonds. The van der Waals surface area contributed by atoms with Gasteiger partial charge in [-0.3, -0.25) is 4.79 Å². The number of amides is 1. The fourth-order valence-electron chi connectivity index (χ4n) is 2.71. The molecule has 0 atom stereocenters. The first-order valence-electron chi connectivity index (χ1n) is 8.89. The standard InChI is InChI=1S/C23H24N2O2/c1-17-12-13-21(22(14-17)27-16-18-8-5-4-6-9-18)24-23(26)19-10-7-11-20(15-19)25(2)3/h4-15H,16H2,1-3H3,(H,24,26). The van der Waals surface area contributed by atoms with Crippen LogP contribution in [-0.4, -0.2) is 20.0 Å². The lowest BCUT2D eigenvalue weighted by Crippen LogP contribution is -2.15. The normalized spacial score (nSPS) is 10.3. The van der Waals surface area contributed by atoms with Crippen LogP contribution in [0.15, 0.2) is 72.8 Å². The highest BCUT2D eigenvalue weighted by atomic mass is 16.5. The third-order valence-corrected chi connectivity index (χ3v) is 4.25. The molecule has 0 spiro atoms. The van der Waals surface area contributed by atoms with Crippen molar-refractivity contribution in [1.82, 2.24) is 0 Å². The summed E-state index contributed by atoms with van der Waals surface area (Å²) in [4.78, 5) is 14.7. The maximum atomic E-state index is 12.7. The molecule has 0 bridgehead atoms. The van der Waals surface area contributed by atoms with Crippen LogP contribution in [0, 0.1) is 6.92 Å². The summed E-state index contributed by atoms with van der Waals surface area (Å²) in [6.07, 6.45) is 0. The van der Waals surface area contributed by atoms with Crippen LogP contribution in [0.2, 0.25) is 0 Å². The molecule has 0 saturated heterocycles. The summed E-state index contributed by atoms with van der Waals surface area (Å²) in [5.74, 6) is 0.503. The first-order chi connectivity index (χ1) is 13.0. The Morgan fingerprint density at radius 3 is 2.48 bits per heavy atom. The van der Waals surface area contributed by atoms with Crippen LogP contribution in [0.5, 0.6) is 5.75 Å². The van der Waals surface area contributed by atoms with Crippen LogP contribution >= 0.6 is 0 Å². The zero-order valence-electron chi connectivity index (χ0n) is 15.9. The van der Waals surface area contributed by atoms with Gasteiger partial charge in [-0.15, -0.1) is 0 Å². The van der Waals surface area contributed by atoms with Crippen LogP contribution in [0.4, 0.5) is 11.4 Å². The maximum absolute atomic E-state index is 12.7. The molecular formula is C23H24N2O2. The molecule has 0 aliphatic carbocycles. The largest absolute Gasteiger partial charge is 0.487 e. The van der Waals surface area contributed by atoms with Gasteiger partial charge in [0.25, 0.3) is 5.91 Å². The molecule has 0 aliphatic rings. The minimum atomic E-state index is -0.160. The van der Waals surface area contributed by atoms with E-state index in [0.717, 1.165) is 16.8 Å². The highest BCUT2D eigenvalue weighted by Crippen LogP contribution is 2.27. The van der Waals surface area contributed by atoms with E-state index in [1.54, 1.807) is 6.07 Å². The van der Waals surface area contributed by atoms with Crippen molar-refractivity contribution in [1.29, 1.82) is 0 Å². The van der Waals surface area contributed by atoms with Gasteiger partial charge in [-0.1, -0.05) is 42.5 Å². The number of carbonyl (C=O) groups is 1. The number of carbonyl (C=O) groups excluding carboxylic acids is 1. The van der Waals surface area contributed by atoms with E-state index in [1.807, 2.05) is 92.6 Å². The van der Waals surface area contributed by atoms with Gasteiger partial charge in [0.05, 0.1) is 5.69 Å². The van der Waals surface area contributed by atoms with Crippen molar-refractivity contribution in [3.63, 3.8) is 0 Å². The third-order valence-electron chi connectivity index (χ3n) is 4.25. The van der Waals surface area contributed by atoms with Gasteiger partial charge in [0, 0.05) is 25.3 Å². The van der Waals surface area contributed by atoms with Gasteiger partial charge in [0.1, 0.15) is 12.4 Å². The van der Waals surface area contributed by atoms with E-state index in [9.17, 15) is 4.79 Å². The fraction of sp³-hybridized carbons (Fsp3) is 0.174. The number of hydrogen-bond donors (Lipinski definition) is 1. The number of nitrogens with zero attached hydrogens (tertiary/aromatic N) is 1. The number of ether oxygens (including phenoxy) is 1. The lowest BCUT2D eigenvalue weighted by atomic mass is 10.1. The van der Waals surface area contributed by atoms with E-state index in [4.69, 9.17) is 4.74 Å². The summed E-state index contributed by atoms with van der Waals surface area (Å²) >= 11 is 0. The van der Waals surface area contributed by atoms with Gasteiger partial charge in [-0.25, -0.2) is 0 Å². The number of anilines is 2. The zero-order chi connectivity index (χ0) is 19.2. The highest BCUT2D eigenvalue weighted by molar-refractivity contribution is 6.05. The number of rotatable bonds is 6. The summed E-state index contributed by atoms with van der Waals surface area (Å²) in [6.45, 7) is 2.45. The van der Waals surface area contributed by atoms with Crippen LogP contribution in [0.1, 0.15) is 21.5 Å². The minimum Gasteiger partial charge on any atom is -0.487 e. The van der Waals surface area contributed by atoms with Gasteiger partial charge < -0.3 is 15.0 Å². The Hall–Kier alpha value is -3.27. The molecule has 27 heavy (non-hydrogen) atoms. The van der Waals surface area contributed by atoms with Crippen molar-refractivity contribution in [2.24, 2.45) is 0 Å². The van der Waals surface area contributed by atoms with Crippen molar-refractivity contribution < 1.29 is 9.53 Å². The average Bonchev–Trinajstić information content (AvgIpc) is 2.69. The molecule has 0 radical (unpaired) electrons. The molecule has 0 aromatic heterocycles. The van der Waals surface area contributed by atoms with Crippen molar-refractivity contribution >= 4 is 17.3 Å². The second-order valence-corrected chi connectivity index (χ2v) is 6.67. The Labute approximate surface area is 160 Å². The van der Waals surface area contributed by atoms with Crippen molar-refractivity contribution in [3.8, 4) is 5.75 Å². The van der Waals surface area contributed by atoms with E-state index in [1.165, 1.54) is 0 Å². The average molecular weight is 360 g/mol. The molecule has 0 saturated carbocycles. The number of nitrogens with one attached hydrogen (secondary N) is 1. The molecule has 0 aliphatic heterocycles. The van der Waals surface area contributed by atoms with Crippen molar-refractivity contribution in [2.45, 2.75) is 13.5 Å². The molecular weight excluding hydrogens is 336 g/mol.